The SMILES string of the molecule is COc1cc(OC)c2c(c1CC=C(C)C)C[C@@H]1[C@@H](C2)c2ccc(O)cc2OC1(C)C. The number of hydrogen-bond donors (Lipinski definition) is 1. The molecule has 0 spiro atoms. The first-order valence-corrected chi connectivity index (χ1v) is 10.7. The average Bonchev–Trinajstić information content (AvgIpc) is 2.69. The highest BCUT2D eigenvalue weighted by molar-refractivity contribution is 5.57. The Hall–Kier alpha value is -2.62. The molecule has 0 bridgehead atoms. The van der Waals surface area contributed by atoms with E-state index in [0.29, 0.717) is 11.8 Å². The van der Waals surface area contributed by atoms with Gasteiger partial charge in [0.1, 0.15) is 28.6 Å². The molecular formula is C26H32O4. The molecule has 0 radical (unpaired) electrons. The zero-order valence-electron chi connectivity index (χ0n) is 18.8. The highest BCUT2D eigenvalue weighted by Gasteiger charge is 2.47. The first kappa shape index (κ1) is 20.6. The van der Waals surface area contributed by atoms with Crippen molar-refractivity contribution in [2.45, 2.75) is 58.5 Å². The van der Waals surface area contributed by atoms with E-state index in [1.807, 2.05) is 12.1 Å². The Balaban J connectivity index is 1.88. The molecule has 2 aliphatic rings. The summed E-state index contributed by atoms with van der Waals surface area (Å²) in [5.74, 6) is 3.46. The van der Waals surface area contributed by atoms with E-state index in [2.05, 4.69) is 33.8 Å². The minimum atomic E-state index is -0.340. The van der Waals surface area contributed by atoms with Crippen LogP contribution in [0, 0.1) is 5.92 Å². The van der Waals surface area contributed by atoms with E-state index in [-0.39, 0.29) is 11.4 Å². The third-order valence-electron chi connectivity index (χ3n) is 6.74. The fraction of sp³-hybridized carbons (Fsp3) is 0.462. The molecular weight excluding hydrogens is 376 g/mol. The lowest BCUT2D eigenvalue weighted by atomic mass is 9.64. The highest BCUT2D eigenvalue weighted by atomic mass is 16.5. The van der Waals surface area contributed by atoms with Gasteiger partial charge in [-0.15, -0.1) is 0 Å². The molecule has 0 unspecified atom stereocenters. The lowest BCUT2D eigenvalue weighted by molar-refractivity contribution is 0.00614. The number of phenols is 1. The summed E-state index contributed by atoms with van der Waals surface area (Å²) in [6.07, 6.45) is 4.91. The Bertz CT molecular complexity index is 999. The van der Waals surface area contributed by atoms with Crippen molar-refractivity contribution in [3.8, 4) is 23.0 Å². The molecule has 0 aromatic heterocycles. The van der Waals surface area contributed by atoms with Crippen LogP contribution in [-0.4, -0.2) is 24.9 Å². The molecule has 30 heavy (non-hydrogen) atoms. The lowest BCUT2D eigenvalue weighted by Gasteiger charge is -2.48. The molecule has 1 N–H and O–H groups in total. The van der Waals surface area contributed by atoms with Crippen LogP contribution in [0.4, 0.5) is 0 Å². The topological polar surface area (TPSA) is 47.9 Å². The normalized spacial score (nSPS) is 20.9. The minimum absolute atomic E-state index is 0.241. The van der Waals surface area contributed by atoms with E-state index in [1.54, 1.807) is 26.4 Å². The predicted molar refractivity (Wildman–Crippen MR) is 119 cm³/mol. The largest absolute Gasteiger partial charge is 0.508 e. The molecule has 4 nitrogen and oxygen atoms in total. The number of rotatable bonds is 4. The third kappa shape index (κ3) is 3.42. The van der Waals surface area contributed by atoms with Gasteiger partial charge in [-0.1, -0.05) is 17.7 Å². The van der Waals surface area contributed by atoms with Gasteiger partial charge in [-0.05, 0) is 75.6 Å². The van der Waals surface area contributed by atoms with Crippen molar-refractivity contribution < 1.29 is 19.3 Å². The van der Waals surface area contributed by atoms with Crippen LogP contribution in [0.1, 0.15) is 55.9 Å². The second kappa shape index (κ2) is 7.57. The van der Waals surface area contributed by atoms with Crippen LogP contribution in [0.25, 0.3) is 0 Å². The maximum Gasteiger partial charge on any atom is 0.127 e. The molecule has 1 heterocycles. The average molecular weight is 409 g/mol. The molecule has 0 saturated heterocycles. The smallest absolute Gasteiger partial charge is 0.127 e. The first-order chi connectivity index (χ1) is 14.2. The molecule has 0 saturated carbocycles. The third-order valence-corrected chi connectivity index (χ3v) is 6.74. The van der Waals surface area contributed by atoms with Gasteiger partial charge in [-0.25, -0.2) is 0 Å². The number of hydrogen-bond acceptors (Lipinski definition) is 4. The molecule has 4 heteroatoms. The zero-order valence-corrected chi connectivity index (χ0v) is 18.8. The van der Waals surface area contributed by atoms with E-state index in [1.165, 1.54) is 27.8 Å². The monoisotopic (exact) mass is 408 g/mol. The van der Waals surface area contributed by atoms with Crippen LogP contribution < -0.4 is 14.2 Å². The second-order valence-electron chi connectivity index (χ2n) is 9.25. The van der Waals surface area contributed by atoms with Crippen LogP contribution in [0.5, 0.6) is 23.0 Å². The fourth-order valence-corrected chi connectivity index (χ4v) is 5.20. The molecule has 1 aliphatic heterocycles. The Morgan fingerprint density at radius 1 is 1.10 bits per heavy atom. The van der Waals surface area contributed by atoms with Crippen molar-refractivity contribution in [2.75, 3.05) is 14.2 Å². The summed E-state index contributed by atoms with van der Waals surface area (Å²) in [6.45, 7) is 8.58. The maximum absolute atomic E-state index is 9.97. The van der Waals surface area contributed by atoms with Crippen LogP contribution in [-0.2, 0) is 19.3 Å². The van der Waals surface area contributed by atoms with Crippen LogP contribution >= 0.6 is 0 Å². The standard InChI is InChI=1S/C26H32O4/c1-15(2)7-9-17-19-13-22-20(12-21(19)24(29-6)14-23(17)28-5)18-10-8-16(27)11-25(18)30-26(22,3)4/h7-8,10-11,14,20,22,27H,9,12-13H2,1-6H3/t20-,22+/m0/s1. The van der Waals surface area contributed by atoms with Gasteiger partial charge in [0.25, 0.3) is 0 Å². The van der Waals surface area contributed by atoms with Gasteiger partial charge >= 0.3 is 0 Å². The predicted octanol–water partition coefficient (Wildman–Crippen LogP) is 5.59. The van der Waals surface area contributed by atoms with Crippen molar-refractivity contribution in [3.63, 3.8) is 0 Å². The van der Waals surface area contributed by atoms with Gasteiger partial charge in [0.05, 0.1) is 14.2 Å². The first-order valence-electron chi connectivity index (χ1n) is 10.7. The van der Waals surface area contributed by atoms with Crippen molar-refractivity contribution in [2.24, 2.45) is 5.92 Å². The highest BCUT2D eigenvalue weighted by Crippen LogP contribution is 2.53. The van der Waals surface area contributed by atoms with Crippen molar-refractivity contribution in [1.29, 1.82) is 0 Å². The molecule has 0 fully saturated rings. The molecule has 2 aromatic carbocycles. The maximum atomic E-state index is 9.97. The zero-order chi connectivity index (χ0) is 21.6. The molecule has 160 valence electrons. The van der Waals surface area contributed by atoms with Gasteiger partial charge in [0.2, 0.25) is 0 Å². The summed E-state index contributed by atoms with van der Waals surface area (Å²) in [6, 6.07) is 7.56. The Kier molecular flexibility index (Phi) is 5.21. The number of ether oxygens (including phenoxy) is 3. The lowest BCUT2D eigenvalue weighted by Crippen LogP contribution is -2.48. The molecule has 1 aliphatic carbocycles. The van der Waals surface area contributed by atoms with Gasteiger partial charge in [-0.3, -0.25) is 0 Å². The molecule has 4 rings (SSSR count). The van der Waals surface area contributed by atoms with Crippen LogP contribution in [0.3, 0.4) is 0 Å². The number of phenolic OH excluding ortho intramolecular Hbond substituents is 1. The Labute approximate surface area is 179 Å². The van der Waals surface area contributed by atoms with Gasteiger partial charge in [0.15, 0.2) is 0 Å². The van der Waals surface area contributed by atoms with Crippen molar-refractivity contribution in [1.82, 2.24) is 0 Å². The molecule has 2 aromatic rings. The fourth-order valence-electron chi connectivity index (χ4n) is 5.20. The number of allylic oxidation sites excluding steroid dienone is 2. The van der Waals surface area contributed by atoms with Crippen molar-refractivity contribution in [3.05, 3.63) is 58.2 Å². The summed E-state index contributed by atoms with van der Waals surface area (Å²) in [4.78, 5) is 0. The van der Waals surface area contributed by atoms with E-state index >= 15 is 0 Å². The van der Waals surface area contributed by atoms with E-state index < -0.39 is 0 Å². The van der Waals surface area contributed by atoms with E-state index in [9.17, 15) is 5.11 Å². The van der Waals surface area contributed by atoms with E-state index in [0.717, 1.165) is 36.5 Å². The molecule has 2 atom stereocenters. The van der Waals surface area contributed by atoms with Crippen molar-refractivity contribution >= 4 is 0 Å². The number of benzene rings is 2. The Morgan fingerprint density at radius 3 is 2.50 bits per heavy atom. The quantitative estimate of drug-likeness (QED) is 0.670. The van der Waals surface area contributed by atoms with Crippen LogP contribution in [0.15, 0.2) is 35.9 Å². The summed E-state index contributed by atoms with van der Waals surface area (Å²) in [5, 5.41) is 9.97. The summed E-state index contributed by atoms with van der Waals surface area (Å²) in [5.41, 5.74) is 5.99. The number of aromatic hydroxyl groups is 1. The van der Waals surface area contributed by atoms with Gasteiger partial charge in [0, 0.05) is 23.6 Å². The Morgan fingerprint density at radius 2 is 1.83 bits per heavy atom. The second-order valence-corrected chi connectivity index (χ2v) is 9.25. The van der Waals surface area contributed by atoms with E-state index in [4.69, 9.17) is 14.2 Å². The molecule has 0 amide bonds. The summed E-state index contributed by atoms with van der Waals surface area (Å²) < 4.78 is 18.0. The number of fused-ring (bicyclic) bond motifs is 4. The van der Waals surface area contributed by atoms with Gasteiger partial charge < -0.3 is 19.3 Å². The summed E-state index contributed by atoms with van der Waals surface area (Å²) in [7, 11) is 3.46. The van der Waals surface area contributed by atoms with Crippen LogP contribution in [0.2, 0.25) is 0 Å². The van der Waals surface area contributed by atoms with Gasteiger partial charge in [-0.2, -0.15) is 0 Å². The number of methoxy groups -OCH3 is 2. The minimum Gasteiger partial charge on any atom is -0.508 e. The summed E-state index contributed by atoms with van der Waals surface area (Å²) >= 11 is 0.